The molecule has 0 radical (unpaired) electrons. The Morgan fingerprint density at radius 3 is 2.42 bits per heavy atom. The minimum Gasteiger partial charge on any atom is -0.494 e. The minimum absolute atomic E-state index is 0.120. The fourth-order valence-corrected chi connectivity index (χ4v) is 2.75. The van der Waals surface area contributed by atoms with E-state index in [-0.39, 0.29) is 18.2 Å². The summed E-state index contributed by atoms with van der Waals surface area (Å²) in [6.07, 6.45) is 0.120. The summed E-state index contributed by atoms with van der Waals surface area (Å²) in [5, 5.41) is 3.70. The van der Waals surface area contributed by atoms with Crippen molar-refractivity contribution in [2.24, 2.45) is 0 Å². The molecule has 0 aliphatic carbocycles. The molecule has 2 amide bonds. The Hall–Kier alpha value is -2.53. The van der Waals surface area contributed by atoms with Crippen LogP contribution in [0.4, 0.5) is 11.4 Å². The van der Waals surface area contributed by atoms with Crippen LogP contribution in [0.3, 0.4) is 0 Å². The molecule has 1 aliphatic heterocycles. The van der Waals surface area contributed by atoms with Gasteiger partial charge >= 0.3 is 0 Å². The molecule has 1 N–H and O–H groups in total. The molecule has 1 aliphatic rings. The van der Waals surface area contributed by atoms with E-state index in [1.54, 1.807) is 48.5 Å². The van der Waals surface area contributed by atoms with Crippen LogP contribution in [0.1, 0.15) is 13.3 Å². The highest BCUT2D eigenvalue weighted by Gasteiger charge is 2.39. The Morgan fingerprint density at radius 1 is 1.12 bits per heavy atom. The highest BCUT2D eigenvalue weighted by atomic mass is 35.5. The van der Waals surface area contributed by atoms with Crippen LogP contribution in [0.5, 0.6) is 5.75 Å². The molecular weight excluding hydrogens is 328 g/mol. The number of nitrogens with zero attached hydrogens (tertiary/aromatic N) is 1. The van der Waals surface area contributed by atoms with Gasteiger partial charge in [0, 0.05) is 10.7 Å². The number of rotatable bonds is 5. The van der Waals surface area contributed by atoms with Gasteiger partial charge in [0.15, 0.2) is 0 Å². The average molecular weight is 345 g/mol. The number of anilines is 2. The molecule has 1 saturated heterocycles. The highest BCUT2D eigenvalue weighted by Crippen LogP contribution is 2.27. The van der Waals surface area contributed by atoms with Gasteiger partial charge in [-0.2, -0.15) is 0 Å². The lowest BCUT2D eigenvalue weighted by atomic mass is 10.2. The van der Waals surface area contributed by atoms with Crippen LogP contribution in [-0.4, -0.2) is 24.5 Å². The van der Waals surface area contributed by atoms with Gasteiger partial charge in [-0.05, 0) is 55.5 Å². The van der Waals surface area contributed by atoms with Crippen LogP contribution in [0.25, 0.3) is 0 Å². The van der Waals surface area contributed by atoms with Gasteiger partial charge in [-0.3, -0.25) is 9.59 Å². The van der Waals surface area contributed by atoms with Crippen molar-refractivity contribution >= 4 is 34.8 Å². The monoisotopic (exact) mass is 344 g/mol. The zero-order valence-corrected chi connectivity index (χ0v) is 13.9. The quantitative estimate of drug-likeness (QED) is 0.844. The maximum atomic E-state index is 12.6. The largest absolute Gasteiger partial charge is 0.494 e. The van der Waals surface area contributed by atoms with Gasteiger partial charge in [0.2, 0.25) is 5.91 Å². The Bertz CT molecular complexity index is 744. The molecule has 124 valence electrons. The molecule has 0 aromatic heterocycles. The number of imide groups is 1. The second-order valence-corrected chi connectivity index (χ2v) is 5.84. The zero-order chi connectivity index (χ0) is 17.1. The number of carbonyl (C=O) groups is 2. The van der Waals surface area contributed by atoms with Crippen molar-refractivity contribution in [2.75, 3.05) is 16.8 Å². The van der Waals surface area contributed by atoms with Gasteiger partial charge in [-0.15, -0.1) is 0 Å². The van der Waals surface area contributed by atoms with E-state index in [1.807, 2.05) is 6.92 Å². The van der Waals surface area contributed by atoms with Crippen LogP contribution in [-0.2, 0) is 9.59 Å². The van der Waals surface area contributed by atoms with Crippen LogP contribution >= 0.6 is 11.6 Å². The molecule has 2 aromatic carbocycles. The number of amides is 2. The van der Waals surface area contributed by atoms with Gasteiger partial charge in [0.05, 0.1) is 18.7 Å². The van der Waals surface area contributed by atoms with E-state index in [4.69, 9.17) is 16.3 Å². The van der Waals surface area contributed by atoms with Crippen molar-refractivity contribution in [3.8, 4) is 5.75 Å². The van der Waals surface area contributed by atoms with Crippen molar-refractivity contribution in [3.63, 3.8) is 0 Å². The molecule has 0 bridgehead atoms. The molecule has 0 saturated carbocycles. The minimum atomic E-state index is -0.578. The molecule has 1 fully saturated rings. The fourth-order valence-electron chi connectivity index (χ4n) is 2.62. The summed E-state index contributed by atoms with van der Waals surface area (Å²) < 4.78 is 5.38. The molecule has 0 unspecified atom stereocenters. The highest BCUT2D eigenvalue weighted by molar-refractivity contribution is 6.30. The van der Waals surface area contributed by atoms with E-state index in [9.17, 15) is 9.59 Å². The van der Waals surface area contributed by atoms with Crippen LogP contribution in [0, 0.1) is 0 Å². The third-order valence-corrected chi connectivity index (χ3v) is 3.99. The van der Waals surface area contributed by atoms with Crippen molar-refractivity contribution in [1.82, 2.24) is 0 Å². The predicted molar refractivity (Wildman–Crippen MR) is 93.6 cm³/mol. The third-order valence-electron chi connectivity index (χ3n) is 3.74. The van der Waals surface area contributed by atoms with E-state index in [0.29, 0.717) is 23.1 Å². The third kappa shape index (κ3) is 3.36. The number of hydrogen-bond donors (Lipinski definition) is 1. The number of carbonyl (C=O) groups excluding carboxylic acids is 2. The van der Waals surface area contributed by atoms with Crippen molar-refractivity contribution in [3.05, 3.63) is 53.6 Å². The Morgan fingerprint density at radius 2 is 1.79 bits per heavy atom. The number of halogens is 1. The first-order valence-electron chi connectivity index (χ1n) is 7.70. The summed E-state index contributed by atoms with van der Waals surface area (Å²) in [7, 11) is 0. The van der Waals surface area contributed by atoms with Crippen LogP contribution < -0.4 is 15.0 Å². The maximum Gasteiger partial charge on any atom is 0.256 e. The molecule has 1 heterocycles. The smallest absolute Gasteiger partial charge is 0.256 e. The van der Waals surface area contributed by atoms with E-state index >= 15 is 0 Å². The number of benzene rings is 2. The van der Waals surface area contributed by atoms with Gasteiger partial charge in [-0.1, -0.05) is 11.6 Å². The maximum absolute atomic E-state index is 12.6. The lowest BCUT2D eigenvalue weighted by Gasteiger charge is -2.16. The van der Waals surface area contributed by atoms with E-state index < -0.39 is 6.04 Å². The van der Waals surface area contributed by atoms with E-state index in [1.165, 1.54) is 4.90 Å². The zero-order valence-electron chi connectivity index (χ0n) is 13.2. The molecule has 24 heavy (non-hydrogen) atoms. The van der Waals surface area contributed by atoms with Crippen LogP contribution in [0.15, 0.2) is 48.5 Å². The van der Waals surface area contributed by atoms with Crippen molar-refractivity contribution < 1.29 is 14.3 Å². The first-order valence-corrected chi connectivity index (χ1v) is 8.08. The van der Waals surface area contributed by atoms with E-state index in [2.05, 4.69) is 5.32 Å². The molecular formula is C18H17ClN2O3. The second-order valence-electron chi connectivity index (χ2n) is 5.40. The first kappa shape index (κ1) is 16.3. The Kier molecular flexibility index (Phi) is 4.71. The fraction of sp³-hybridized carbons (Fsp3) is 0.222. The summed E-state index contributed by atoms with van der Waals surface area (Å²) >= 11 is 5.85. The first-order chi connectivity index (χ1) is 11.6. The van der Waals surface area contributed by atoms with Crippen molar-refractivity contribution in [2.45, 2.75) is 19.4 Å². The summed E-state index contributed by atoms with van der Waals surface area (Å²) in [5.41, 5.74) is 1.30. The normalized spacial score (nSPS) is 17.2. The predicted octanol–water partition coefficient (Wildman–Crippen LogP) is 3.48. The molecule has 1 atom stereocenters. The lowest BCUT2D eigenvalue weighted by Crippen LogP contribution is -2.34. The van der Waals surface area contributed by atoms with Gasteiger partial charge < -0.3 is 10.1 Å². The van der Waals surface area contributed by atoms with Gasteiger partial charge in [0.1, 0.15) is 11.8 Å². The Labute approximate surface area is 145 Å². The second kappa shape index (κ2) is 6.93. The summed E-state index contributed by atoms with van der Waals surface area (Å²) in [6, 6.07) is 13.4. The lowest BCUT2D eigenvalue weighted by molar-refractivity contribution is -0.121. The number of nitrogens with one attached hydrogen (secondary N) is 1. The molecule has 2 aromatic rings. The summed E-state index contributed by atoms with van der Waals surface area (Å²) in [4.78, 5) is 26.1. The number of hydrogen-bond acceptors (Lipinski definition) is 4. The topological polar surface area (TPSA) is 58.6 Å². The van der Waals surface area contributed by atoms with Crippen molar-refractivity contribution in [1.29, 1.82) is 0 Å². The summed E-state index contributed by atoms with van der Waals surface area (Å²) in [6.45, 7) is 2.46. The average Bonchev–Trinajstić information content (AvgIpc) is 2.85. The Balaban J connectivity index is 1.74. The summed E-state index contributed by atoms with van der Waals surface area (Å²) in [5.74, 6) is 0.214. The molecule has 5 nitrogen and oxygen atoms in total. The standard InChI is InChI=1S/C18H17ClN2O3/c1-2-24-15-9-7-14(8-10-15)21-17(22)11-16(18(21)23)20-13-5-3-12(19)4-6-13/h3-10,16,20H,2,11H2,1H3/t16-/m1/s1. The van der Waals surface area contributed by atoms with Gasteiger partial charge in [-0.25, -0.2) is 4.90 Å². The number of ether oxygens (including phenoxy) is 1. The van der Waals surface area contributed by atoms with Gasteiger partial charge in [0.25, 0.3) is 5.91 Å². The SMILES string of the molecule is CCOc1ccc(N2C(=O)C[C@@H](Nc3ccc(Cl)cc3)C2=O)cc1. The van der Waals surface area contributed by atoms with E-state index in [0.717, 1.165) is 5.69 Å². The molecule has 3 rings (SSSR count). The molecule has 6 heteroatoms. The molecule has 0 spiro atoms. The van der Waals surface area contributed by atoms with Crippen LogP contribution in [0.2, 0.25) is 5.02 Å².